The van der Waals surface area contributed by atoms with Gasteiger partial charge in [0, 0.05) is 42.8 Å². The minimum atomic E-state index is -0.152. The second kappa shape index (κ2) is 8.37. The first-order chi connectivity index (χ1) is 13.0. The third-order valence-corrected chi connectivity index (χ3v) is 3.98. The van der Waals surface area contributed by atoms with Crippen LogP contribution in [0, 0.1) is 6.92 Å². The Labute approximate surface area is 158 Å². The maximum absolute atomic E-state index is 12.4. The lowest BCUT2D eigenvalue weighted by Gasteiger charge is -2.16. The Morgan fingerprint density at radius 1 is 1.04 bits per heavy atom. The molecule has 1 aromatic carbocycles. The monoisotopic (exact) mass is 362 g/mol. The highest BCUT2D eigenvalue weighted by molar-refractivity contribution is 6.04. The van der Waals surface area contributed by atoms with Crippen LogP contribution in [0.4, 0.5) is 11.6 Å². The van der Waals surface area contributed by atoms with Gasteiger partial charge in [0.15, 0.2) is 0 Å². The molecule has 3 aromatic rings. The Morgan fingerprint density at radius 3 is 2.37 bits per heavy atom. The van der Waals surface area contributed by atoms with Crippen LogP contribution >= 0.6 is 0 Å². The molecule has 0 spiro atoms. The molecule has 0 saturated heterocycles. The van der Waals surface area contributed by atoms with Crippen LogP contribution in [-0.2, 0) is 13.1 Å². The third kappa shape index (κ3) is 5.32. The van der Waals surface area contributed by atoms with E-state index in [0.29, 0.717) is 17.8 Å². The van der Waals surface area contributed by atoms with Crippen LogP contribution in [0.15, 0.2) is 55.1 Å². The van der Waals surface area contributed by atoms with Gasteiger partial charge in [-0.15, -0.1) is 0 Å². The van der Waals surface area contributed by atoms with E-state index in [-0.39, 0.29) is 11.9 Å². The van der Waals surface area contributed by atoms with Gasteiger partial charge in [0.25, 0.3) is 5.91 Å². The van der Waals surface area contributed by atoms with Gasteiger partial charge in [-0.25, -0.2) is 9.97 Å². The van der Waals surface area contributed by atoms with Crippen LogP contribution in [0.2, 0.25) is 0 Å². The predicted molar refractivity (Wildman–Crippen MR) is 105 cm³/mol. The van der Waals surface area contributed by atoms with Crippen LogP contribution in [0.3, 0.4) is 0 Å². The van der Waals surface area contributed by atoms with Crippen molar-refractivity contribution in [3.63, 3.8) is 0 Å². The molecule has 27 heavy (non-hydrogen) atoms. The van der Waals surface area contributed by atoms with E-state index in [4.69, 9.17) is 5.73 Å². The minimum absolute atomic E-state index is 0.152. The molecule has 1 amide bonds. The molecule has 0 saturated carbocycles. The molecule has 3 N–H and O–H groups in total. The Hall–Kier alpha value is -3.32. The molecule has 0 aliphatic carbocycles. The van der Waals surface area contributed by atoms with Crippen molar-refractivity contribution in [3.05, 3.63) is 77.4 Å². The second-order valence-corrected chi connectivity index (χ2v) is 6.52. The summed E-state index contributed by atoms with van der Waals surface area (Å²) in [5.74, 6) is 0.123. The molecule has 0 aliphatic heterocycles. The fourth-order valence-corrected chi connectivity index (χ4v) is 2.71. The Bertz CT molecular complexity index is 909. The van der Waals surface area contributed by atoms with Gasteiger partial charge in [-0.05, 0) is 43.3 Å². The summed E-state index contributed by atoms with van der Waals surface area (Å²) in [6.45, 7) is 3.39. The summed E-state index contributed by atoms with van der Waals surface area (Å²) in [4.78, 5) is 26.6. The molecule has 0 fully saturated rings. The molecule has 7 heteroatoms. The highest BCUT2D eigenvalue weighted by Gasteiger charge is 2.08. The number of nitrogens with zero attached hydrogens (tertiary/aromatic N) is 4. The number of rotatable bonds is 6. The third-order valence-electron chi connectivity index (χ3n) is 3.98. The number of carbonyl (C=O) groups is 1. The number of nitrogens with one attached hydrogen (secondary N) is 1. The molecule has 2 heterocycles. The van der Waals surface area contributed by atoms with Crippen LogP contribution < -0.4 is 11.1 Å². The first kappa shape index (κ1) is 18.5. The summed E-state index contributed by atoms with van der Waals surface area (Å²) in [6, 6.07) is 9.45. The fourth-order valence-electron chi connectivity index (χ4n) is 2.71. The van der Waals surface area contributed by atoms with Gasteiger partial charge >= 0.3 is 0 Å². The summed E-state index contributed by atoms with van der Waals surface area (Å²) < 4.78 is 0. The molecule has 0 atom stereocenters. The number of nitrogen functional groups attached to an aromatic ring is 1. The number of hydrogen-bond acceptors (Lipinski definition) is 6. The van der Waals surface area contributed by atoms with E-state index in [0.717, 1.165) is 23.2 Å². The van der Waals surface area contributed by atoms with Crippen molar-refractivity contribution in [1.82, 2.24) is 19.9 Å². The molecule has 0 aliphatic rings. The molecule has 138 valence electrons. The van der Waals surface area contributed by atoms with E-state index in [1.165, 1.54) is 0 Å². The summed E-state index contributed by atoms with van der Waals surface area (Å²) in [5.41, 5.74) is 9.91. The van der Waals surface area contributed by atoms with E-state index >= 15 is 0 Å². The number of aromatic nitrogens is 3. The summed E-state index contributed by atoms with van der Waals surface area (Å²) in [5, 5.41) is 2.86. The number of aryl methyl sites for hydroxylation is 1. The standard InChI is InChI=1S/C20H22N6O/c1-14-7-18(11-22-8-14)25-19(27)17-5-3-15(4-6-17)12-26(2)13-16-9-23-20(21)24-10-16/h3-11H,12-13H2,1-2H3,(H,25,27)(H2,21,23,24). The lowest BCUT2D eigenvalue weighted by atomic mass is 10.1. The normalized spacial score (nSPS) is 10.8. The summed E-state index contributed by atoms with van der Waals surface area (Å²) >= 11 is 0. The molecular weight excluding hydrogens is 340 g/mol. The summed E-state index contributed by atoms with van der Waals surface area (Å²) in [7, 11) is 2.02. The molecule has 0 radical (unpaired) electrons. The van der Waals surface area contributed by atoms with E-state index in [9.17, 15) is 4.79 Å². The average molecular weight is 362 g/mol. The van der Waals surface area contributed by atoms with Crippen molar-refractivity contribution in [3.8, 4) is 0 Å². The molecule has 7 nitrogen and oxygen atoms in total. The predicted octanol–water partition coefficient (Wildman–Crippen LogP) is 2.65. The number of anilines is 2. The lowest BCUT2D eigenvalue weighted by molar-refractivity contribution is 0.102. The fraction of sp³-hybridized carbons (Fsp3) is 0.200. The Morgan fingerprint density at radius 2 is 1.70 bits per heavy atom. The molecule has 0 unspecified atom stereocenters. The number of pyridine rings is 1. The first-order valence-electron chi connectivity index (χ1n) is 8.56. The summed E-state index contributed by atoms with van der Waals surface area (Å²) in [6.07, 6.45) is 6.84. The van der Waals surface area contributed by atoms with E-state index in [2.05, 4.69) is 25.2 Å². The Balaban J connectivity index is 1.57. The van der Waals surface area contributed by atoms with Crippen LogP contribution in [0.5, 0.6) is 0 Å². The van der Waals surface area contributed by atoms with Crippen molar-refractivity contribution in [1.29, 1.82) is 0 Å². The van der Waals surface area contributed by atoms with Crippen molar-refractivity contribution < 1.29 is 4.79 Å². The number of carbonyl (C=O) groups excluding carboxylic acids is 1. The van der Waals surface area contributed by atoms with Gasteiger partial charge in [-0.1, -0.05) is 12.1 Å². The zero-order valence-electron chi connectivity index (χ0n) is 15.4. The lowest BCUT2D eigenvalue weighted by Crippen LogP contribution is -2.18. The molecule has 2 aromatic heterocycles. The minimum Gasteiger partial charge on any atom is -0.368 e. The van der Waals surface area contributed by atoms with E-state index in [1.807, 2.05) is 44.3 Å². The highest BCUT2D eigenvalue weighted by Crippen LogP contribution is 2.12. The number of nitrogens with two attached hydrogens (primary N) is 1. The zero-order chi connectivity index (χ0) is 19.2. The van der Waals surface area contributed by atoms with Gasteiger partial charge < -0.3 is 11.1 Å². The number of benzene rings is 1. The number of hydrogen-bond donors (Lipinski definition) is 2. The second-order valence-electron chi connectivity index (χ2n) is 6.52. The number of amides is 1. The van der Waals surface area contributed by atoms with Crippen molar-refractivity contribution in [2.24, 2.45) is 0 Å². The van der Waals surface area contributed by atoms with E-state index in [1.54, 1.807) is 24.8 Å². The van der Waals surface area contributed by atoms with Gasteiger partial charge in [0.1, 0.15) is 0 Å². The average Bonchev–Trinajstić information content (AvgIpc) is 2.64. The Kier molecular flexibility index (Phi) is 5.73. The molecular formula is C20H22N6O. The first-order valence-corrected chi connectivity index (χ1v) is 8.56. The van der Waals surface area contributed by atoms with Crippen molar-refractivity contribution in [2.75, 3.05) is 18.1 Å². The molecule has 3 rings (SSSR count). The quantitative estimate of drug-likeness (QED) is 0.700. The van der Waals surface area contributed by atoms with Gasteiger partial charge in [-0.2, -0.15) is 0 Å². The SMILES string of the molecule is Cc1cncc(NC(=O)c2ccc(CN(C)Cc3cnc(N)nc3)cc2)c1. The van der Waals surface area contributed by atoms with Crippen LogP contribution in [-0.4, -0.2) is 32.8 Å². The van der Waals surface area contributed by atoms with E-state index < -0.39 is 0 Å². The van der Waals surface area contributed by atoms with Crippen LogP contribution in [0.25, 0.3) is 0 Å². The van der Waals surface area contributed by atoms with Gasteiger partial charge in [-0.3, -0.25) is 14.7 Å². The van der Waals surface area contributed by atoms with Crippen LogP contribution in [0.1, 0.15) is 27.0 Å². The topological polar surface area (TPSA) is 97.0 Å². The maximum Gasteiger partial charge on any atom is 0.255 e. The van der Waals surface area contributed by atoms with Crippen molar-refractivity contribution >= 4 is 17.5 Å². The van der Waals surface area contributed by atoms with Gasteiger partial charge in [0.05, 0.1) is 11.9 Å². The largest absolute Gasteiger partial charge is 0.368 e. The smallest absolute Gasteiger partial charge is 0.255 e. The highest BCUT2D eigenvalue weighted by atomic mass is 16.1. The molecule has 0 bridgehead atoms. The maximum atomic E-state index is 12.4. The van der Waals surface area contributed by atoms with Gasteiger partial charge in [0.2, 0.25) is 5.95 Å². The zero-order valence-corrected chi connectivity index (χ0v) is 15.4. The van der Waals surface area contributed by atoms with Crippen molar-refractivity contribution in [2.45, 2.75) is 20.0 Å².